The highest BCUT2D eigenvalue weighted by molar-refractivity contribution is 7.89. The lowest BCUT2D eigenvalue weighted by atomic mass is 10.1. The van der Waals surface area contributed by atoms with Crippen molar-refractivity contribution >= 4 is 21.7 Å². The van der Waals surface area contributed by atoms with Crippen molar-refractivity contribution in [1.29, 1.82) is 0 Å². The van der Waals surface area contributed by atoms with Gasteiger partial charge in [0.15, 0.2) is 0 Å². The Balaban J connectivity index is 2.78. The van der Waals surface area contributed by atoms with Crippen molar-refractivity contribution in [2.75, 3.05) is 5.75 Å². The number of aliphatic carboxylic acids is 1. The zero-order valence-corrected chi connectivity index (χ0v) is 12.9. The molecule has 1 aromatic rings. The third-order valence-electron chi connectivity index (χ3n) is 3.03. The molecule has 0 saturated heterocycles. The molecule has 1 atom stereocenters. The molecule has 0 saturated carbocycles. The molecule has 0 aliphatic heterocycles. The van der Waals surface area contributed by atoms with E-state index in [0.717, 1.165) is 0 Å². The third-order valence-corrected chi connectivity index (χ3v) is 4.41. The second kappa shape index (κ2) is 7.85. The van der Waals surface area contributed by atoms with Gasteiger partial charge in [0.2, 0.25) is 10.0 Å². The SMILES string of the molecule is CCCC(NS(=O)(=O)CCc1ccccc1[N+](=O)[O-])C(=O)O. The normalized spacial score (nSPS) is 12.8. The standard InChI is InChI=1S/C13H18N2O6S/c1-2-5-11(13(16)17)14-22(20,21)9-8-10-6-3-4-7-12(10)15(18)19/h3-4,6-7,11,14H,2,5,8-9H2,1H3,(H,16,17). The highest BCUT2D eigenvalue weighted by Crippen LogP contribution is 2.18. The molecule has 1 aromatic carbocycles. The number of para-hydroxylation sites is 1. The molecule has 122 valence electrons. The number of sulfonamides is 1. The molecule has 0 bridgehead atoms. The molecule has 0 spiro atoms. The van der Waals surface area contributed by atoms with E-state index in [9.17, 15) is 23.3 Å². The largest absolute Gasteiger partial charge is 0.480 e. The summed E-state index contributed by atoms with van der Waals surface area (Å²) in [5.74, 6) is -1.65. The van der Waals surface area contributed by atoms with Crippen LogP contribution in [0.25, 0.3) is 0 Å². The molecule has 9 heteroatoms. The summed E-state index contributed by atoms with van der Waals surface area (Å²) < 4.78 is 26.0. The van der Waals surface area contributed by atoms with Gasteiger partial charge in [-0.1, -0.05) is 31.5 Å². The monoisotopic (exact) mass is 330 g/mol. The van der Waals surface area contributed by atoms with Gasteiger partial charge in [0, 0.05) is 11.6 Å². The molecular formula is C13H18N2O6S. The Morgan fingerprint density at radius 1 is 1.41 bits per heavy atom. The molecule has 0 amide bonds. The molecule has 8 nitrogen and oxygen atoms in total. The van der Waals surface area contributed by atoms with Crippen molar-refractivity contribution in [2.24, 2.45) is 0 Å². The van der Waals surface area contributed by atoms with E-state index < -0.39 is 32.7 Å². The molecule has 0 aromatic heterocycles. The Morgan fingerprint density at radius 2 is 2.05 bits per heavy atom. The fourth-order valence-electron chi connectivity index (χ4n) is 1.94. The van der Waals surface area contributed by atoms with Crippen LogP contribution in [0.2, 0.25) is 0 Å². The lowest BCUT2D eigenvalue weighted by Crippen LogP contribution is -2.42. The Labute approximate surface area is 128 Å². The van der Waals surface area contributed by atoms with Gasteiger partial charge < -0.3 is 5.11 Å². The summed E-state index contributed by atoms with van der Waals surface area (Å²) >= 11 is 0. The van der Waals surface area contributed by atoms with Gasteiger partial charge in [0.25, 0.3) is 5.69 Å². The summed E-state index contributed by atoms with van der Waals surface area (Å²) in [6, 6.07) is 4.68. The zero-order valence-electron chi connectivity index (χ0n) is 12.1. The average Bonchev–Trinajstić information content (AvgIpc) is 2.44. The van der Waals surface area contributed by atoms with Crippen molar-refractivity contribution in [3.63, 3.8) is 0 Å². The van der Waals surface area contributed by atoms with Crippen LogP contribution in [0.3, 0.4) is 0 Å². The minimum Gasteiger partial charge on any atom is -0.480 e. The lowest BCUT2D eigenvalue weighted by molar-refractivity contribution is -0.385. The van der Waals surface area contributed by atoms with Crippen molar-refractivity contribution in [2.45, 2.75) is 32.2 Å². The predicted octanol–water partition coefficient (Wildman–Crippen LogP) is 1.31. The fraction of sp³-hybridized carbons (Fsp3) is 0.462. The Kier molecular flexibility index (Phi) is 6.44. The van der Waals surface area contributed by atoms with E-state index in [-0.39, 0.29) is 18.5 Å². The Bertz CT molecular complexity index is 644. The molecule has 0 aliphatic carbocycles. The minimum atomic E-state index is -3.84. The van der Waals surface area contributed by atoms with E-state index in [2.05, 4.69) is 4.72 Å². The number of nitro groups is 1. The quantitative estimate of drug-likeness (QED) is 0.519. The number of nitrogens with zero attached hydrogens (tertiary/aromatic N) is 1. The van der Waals surface area contributed by atoms with Crippen LogP contribution in [0.15, 0.2) is 24.3 Å². The van der Waals surface area contributed by atoms with Crippen molar-refractivity contribution in [3.05, 3.63) is 39.9 Å². The summed E-state index contributed by atoms with van der Waals surface area (Å²) in [5, 5.41) is 19.8. The first-order chi connectivity index (χ1) is 10.3. The number of nitro benzene ring substituents is 1. The first-order valence-corrected chi connectivity index (χ1v) is 8.37. The van der Waals surface area contributed by atoms with Crippen LogP contribution in [0.4, 0.5) is 5.69 Å². The molecule has 1 rings (SSSR count). The second-order valence-electron chi connectivity index (χ2n) is 4.75. The van der Waals surface area contributed by atoms with Crippen LogP contribution >= 0.6 is 0 Å². The molecule has 0 fully saturated rings. The smallest absolute Gasteiger partial charge is 0.321 e. The van der Waals surface area contributed by atoms with Gasteiger partial charge in [-0.25, -0.2) is 13.1 Å². The number of aryl methyl sites for hydroxylation is 1. The predicted molar refractivity (Wildman–Crippen MR) is 80.1 cm³/mol. The molecule has 0 heterocycles. The van der Waals surface area contributed by atoms with Gasteiger partial charge in [0.05, 0.1) is 10.7 Å². The number of carboxylic acids is 1. The van der Waals surface area contributed by atoms with E-state index in [1.165, 1.54) is 18.2 Å². The maximum Gasteiger partial charge on any atom is 0.321 e. The number of nitrogens with one attached hydrogen (secondary N) is 1. The van der Waals surface area contributed by atoms with Crippen molar-refractivity contribution in [3.8, 4) is 0 Å². The highest BCUT2D eigenvalue weighted by atomic mass is 32.2. The summed E-state index contributed by atoms with van der Waals surface area (Å²) in [5.41, 5.74) is 0.140. The van der Waals surface area contributed by atoms with E-state index in [1.54, 1.807) is 13.0 Å². The maximum atomic E-state index is 11.9. The summed E-state index contributed by atoms with van der Waals surface area (Å²) in [7, 11) is -3.84. The molecule has 1 unspecified atom stereocenters. The van der Waals surface area contributed by atoms with E-state index >= 15 is 0 Å². The first kappa shape index (κ1) is 18.1. The van der Waals surface area contributed by atoms with Crippen LogP contribution in [-0.2, 0) is 21.2 Å². The van der Waals surface area contributed by atoms with Crippen LogP contribution in [-0.4, -0.2) is 36.2 Å². The number of carbonyl (C=O) groups is 1. The molecular weight excluding hydrogens is 312 g/mol. The van der Waals surface area contributed by atoms with E-state index in [0.29, 0.717) is 12.0 Å². The fourth-order valence-corrected chi connectivity index (χ4v) is 3.20. The number of carboxylic acid groups (broad SMARTS) is 1. The van der Waals surface area contributed by atoms with Crippen LogP contribution < -0.4 is 4.72 Å². The molecule has 22 heavy (non-hydrogen) atoms. The topological polar surface area (TPSA) is 127 Å². The molecule has 2 N–H and O–H groups in total. The Morgan fingerprint density at radius 3 is 2.59 bits per heavy atom. The zero-order chi connectivity index (χ0) is 16.8. The van der Waals surface area contributed by atoms with Crippen molar-refractivity contribution in [1.82, 2.24) is 4.72 Å². The summed E-state index contributed by atoms with van der Waals surface area (Å²) in [4.78, 5) is 21.3. The van der Waals surface area contributed by atoms with Gasteiger partial charge in [-0.3, -0.25) is 14.9 Å². The third kappa shape index (κ3) is 5.41. The Hall–Kier alpha value is -2.00. The summed E-state index contributed by atoms with van der Waals surface area (Å²) in [6.07, 6.45) is 0.634. The second-order valence-corrected chi connectivity index (χ2v) is 6.63. The van der Waals surface area contributed by atoms with Gasteiger partial charge in [-0.05, 0) is 12.8 Å². The number of hydrogen-bond acceptors (Lipinski definition) is 5. The van der Waals surface area contributed by atoms with Gasteiger partial charge >= 0.3 is 5.97 Å². The molecule has 0 radical (unpaired) electrons. The number of benzene rings is 1. The average molecular weight is 330 g/mol. The van der Waals surface area contributed by atoms with Gasteiger partial charge in [-0.2, -0.15) is 0 Å². The summed E-state index contributed by atoms with van der Waals surface area (Å²) in [6.45, 7) is 1.75. The van der Waals surface area contributed by atoms with Gasteiger partial charge in [-0.15, -0.1) is 0 Å². The van der Waals surface area contributed by atoms with Crippen LogP contribution in [0, 0.1) is 10.1 Å². The lowest BCUT2D eigenvalue weighted by Gasteiger charge is -2.13. The van der Waals surface area contributed by atoms with Crippen LogP contribution in [0.1, 0.15) is 25.3 Å². The van der Waals surface area contributed by atoms with Crippen LogP contribution in [0.5, 0.6) is 0 Å². The van der Waals surface area contributed by atoms with Crippen molar-refractivity contribution < 1.29 is 23.2 Å². The first-order valence-electron chi connectivity index (χ1n) is 6.72. The minimum absolute atomic E-state index is 0.0645. The highest BCUT2D eigenvalue weighted by Gasteiger charge is 2.24. The van der Waals surface area contributed by atoms with Gasteiger partial charge in [0.1, 0.15) is 6.04 Å². The number of rotatable bonds is 9. The molecule has 0 aliphatic rings. The maximum absolute atomic E-state index is 11.9. The van der Waals surface area contributed by atoms with E-state index in [4.69, 9.17) is 5.11 Å². The number of hydrogen-bond donors (Lipinski definition) is 2. The van der Waals surface area contributed by atoms with E-state index in [1.807, 2.05) is 0 Å².